The number of aromatic nitrogens is 2. The van der Waals surface area contributed by atoms with Crippen LogP contribution >= 0.6 is 11.5 Å². The van der Waals surface area contributed by atoms with Crippen LogP contribution in [0.4, 0.5) is 0 Å². The second-order valence-corrected chi connectivity index (χ2v) is 5.82. The van der Waals surface area contributed by atoms with Crippen molar-refractivity contribution in [3.8, 4) is 0 Å². The molecule has 2 aromatic heterocycles. The highest BCUT2D eigenvalue weighted by molar-refractivity contribution is 7.03. The quantitative estimate of drug-likeness (QED) is 0.827. The van der Waals surface area contributed by atoms with Gasteiger partial charge in [-0.3, -0.25) is 4.79 Å². The monoisotopic (exact) mass is 297 g/mol. The maximum atomic E-state index is 11.5. The predicted molar refractivity (Wildman–Crippen MR) is 78.6 cm³/mol. The minimum absolute atomic E-state index is 0.167. The second kappa shape index (κ2) is 4.53. The molecule has 0 saturated carbocycles. The van der Waals surface area contributed by atoms with Crippen LogP contribution in [0.2, 0.25) is 0 Å². The van der Waals surface area contributed by atoms with Gasteiger partial charge in [0.2, 0.25) is 0 Å². The van der Waals surface area contributed by atoms with E-state index in [-0.39, 0.29) is 5.92 Å². The molecule has 1 aliphatic heterocycles. The van der Waals surface area contributed by atoms with Crippen LogP contribution in [0.15, 0.2) is 58.2 Å². The molecule has 1 aliphatic carbocycles. The topological polar surface area (TPSA) is 67.5 Å². The molecule has 0 aromatic carbocycles. The molecule has 3 heterocycles. The number of pyridine rings is 1. The molecular formula is C15H11N3O2S. The standard InChI is InChI=1S/C15H11N3O2S/c19-13-7-9(4-5-18(13)20)6-10-2-1-3-12-14(10)11-8-16-21-15(11)17-12/h1-5,7-8,10,20H,6H2. The molecule has 4 rings (SSSR count). The van der Waals surface area contributed by atoms with Gasteiger partial charge in [-0.15, -0.1) is 0 Å². The lowest BCUT2D eigenvalue weighted by molar-refractivity contribution is 0.174. The van der Waals surface area contributed by atoms with Crippen molar-refractivity contribution in [1.82, 2.24) is 9.10 Å². The zero-order valence-electron chi connectivity index (χ0n) is 10.9. The van der Waals surface area contributed by atoms with Crippen molar-refractivity contribution in [3.63, 3.8) is 0 Å². The summed E-state index contributed by atoms with van der Waals surface area (Å²) >= 11 is 1.40. The van der Waals surface area contributed by atoms with Gasteiger partial charge in [0.05, 0.1) is 11.9 Å². The molecule has 1 atom stereocenters. The molecule has 1 unspecified atom stereocenters. The van der Waals surface area contributed by atoms with Gasteiger partial charge in [-0.05, 0) is 41.2 Å². The van der Waals surface area contributed by atoms with E-state index in [0.29, 0.717) is 11.2 Å². The first-order valence-electron chi connectivity index (χ1n) is 6.56. The fourth-order valence-electron chi connectivity index (χ4n) is 2.76. The summed E-state index contributed by atoms with van der Waals surface area (Å²) in [5.41, 5.74) is 2.64. The average Bonchev–Trinajstić information content (AvgIpc) is 3.03. The Balaban J connectivity index is 1.77. The second-order valence-electron chi connectivity index (χ2n) is 5.04. The highest BCUT2D eigenvalue weighted by Crippen LogP contribution is 2.30. The first-order chi connectivity index (χ1) is 10.2. The number of nitrogens with zero attached hydrogens (tertiary/aromatic N) is 3. The highest BCUT2D eigenvalue weighted by Gasteiger charge is 2.24. The molecule has 0 radical (unpaired) electrons. The third kappa shape index (κ3) is 1.95. The summed E-state index contributed by atoms with van der Waals surface area (Å²) < 4.78 is 5.73. The van der Waals surface area contributed by atoms with Crippen LogP contribution < -0.4 is 15.4 Å². The number of rotatable bonds is 2. The van der Waals surface area contributed by atoms with E-state index in [1.807, 2.05) is 18.3 Å². The summed E-state index contributed by atoms with van der Waals surface area (Å²) in [5.74, 6) is 0.167. The van der Waals surface area contributed by atoms with Crippen molar-refractivity contribution in [2.75, 3.05) is 0 Å². The zero-order chi connectivity index (χ0) is 14.4. The molecule has 0 spiro atoms. The maximum Gasteiger partial charge on any atom is 0.283 e. The van der Waals surface area contributed by atoms with Gasteiger partial charge in [0, 0.05) is 23.4 Å². The van der Waals surface area contributed by atoms with Gasteiger partial charge in [-0.1, -0.05) is 12.2 Å². The van der Waals surface area contributed by atoms with Crippen LogP contribution in [0.25, 0.3) is 5.57 Å². The van der Waals surface area contributed by atoms with Gasteiger partial charge in [0.25, 0.3) is 5.56 Å². The van der Waals surface area contributed by atoms with E-state index in [4.69, 9.17) is 0 Å². The Labute approximate surface area is 123 Å². The Morgan fingerprint density at radius 1 is 1.43 bits per heavy atom. The molecule has 5 nitrogen and oxygen atoms in total. The summed E-state index contributed by atoms with van der Waals surface area (Å²) in [6.45, 7) is 0. The van der Waals surface area contributed by atoms with Gasteiger partial charge < -0.3 is 5.21 Å². The molecule has 21 heavy (non-hydrogen) atoms. The van der Waals surface area contributed by atoms with Crippen molar-refractivity contribution < 1.29 is 5.21 Å². The third-order valence-corrected chi connectivity index (χ3v) is 4.42. The number of hydrogen-bond donors (Lipinski definition) is 1. The largest absolute Gasteiger partial charge is 0.425 e. The smallest absolute Gasteiger partial charge is 0.283 e. The minimum atomic E-state index is -0.415. The molecular weight excluding hydrogens is 286 g/mol. The average molecular weight is 297 g/mol. The Kier molecular flexibility index (Phi) is 2.65. The zero-order valence-corrected chi connectivity index (χ0v) is 11.7. The molecule has 2 aliphatic rings. The van der Waals surface area contributed by atoms with E-state index < -0.39 is 5.56 Å². The van der Waals surface area contributed by atoms with E-state index in [0.717, 1.165) is 21.2 Å². The number of hydrogen-bond acceptors (Lipinski definition) is 5. The molecule has 0 amide bonds. The van der Waals surface area contributed by atoms with Crippen LogP contribution in [0.5, 0.6) is 0 Å². The lowest BCUT2D eigenvalue weighted by Gasteiger charge is -2.18. The Bertz CT molecular complexity index is 965. The van der Waals surface area contributed by atoms with Gasteiger partial charge in [0.1, 0.15) is 4.67 Å². The summed E-state index contributed by atoms with van der Waals surface area (Å²) in [6.07, 6.45) is 10.1. The number of allylic oxidation sites excluding steroid dienone is 4. The highest BCUT2D eigenvalue weighted by atomic mass is 32.1. The van der Waals surface area contributed by atoms with E-state index >= 15 is 0 Å². The van der Waals surface area contributed by atoms with Crippen LogP contribution in [0.3, 0.4) is 0 Å². The van der Waals surface area contributed by atoms with E-state index in [1.165, 1.54) is 29.4 Å². The predicted octanol–water partition coefficient (Wildman–Crippen LogP) is 0.639. The third-order valence-electron chi connectivity index (χ3n) is 3.73. The van der Waals surface area contributed by atoms with Crippen LogP contribution in [0, 0.1) is 5.92 Å². The van der Waals surface area contributed by atoms with Crippen LogP contribution in [0.1, 0.15) is 5.56 Å². The lowest BCUT2D eigenvalue weighted by Crippen LogP contribution is -2.21. The molecule has 6 heteroatoms. The van der Waals surface area contributed by atoms with Crippen LogP contribution in [-0.4, -0.2) is 14.3 Å². The molecule has 104 valence electrons. The number of fused-ring (bicyclic) bond motifs is 2. The summed E-state index contributed by atoms with van der Waals surface area (Å²) in [6, 6.07) is 3.22. The van der Waals surface area contributed by atoms with Crippen molar-refractivity contribution in [2.24, 2.45) is 10.9 Å². The molecule has 0 saturated heterocycles. The molecule has 0 fully saturated rings. The van der Waals surface area contributed by atoms with Gasteiger partial charge >= 0.3 is 0 Å². The van der Waals surface area contributed by atoms with E-state index in [2.05, 4.69) is 15.4 Å². The fourth-order valence-corrected chi connectivity index (χ4v) is 3.42. The first-order valence-corrected chi connectivity index (χ1v) is 7.33. The van der Waals surface area contributed by atoms with Crippen molar-refractivity contribution in [3.05, 3.63) is 74.3 Å². The van der Waals surface area contributed by atoms with E-state index in [1.54, 1.807) is 6.07 Å². The minimum Gasteiger partial charge on any atom is -0.425 e. The van der Waals surface area contributed by atoms with Gasteiger partial charge in [-0.2, -0.15) is 9.10 Å². The Morgan fingerprint density at radius 3 is 3.19 bits per heavy atom. The van der Waals surface area contributed by atoms with Gasteiger partial charge in [0.15, 0.2) is 0 Å². The SMILES string of the molecule is O=c1cc(CC2C=CC=C3N=c4sncc4=C32)ccn1O. The van der Waals surface area contributed by atoms with Crippen molar-refractivity contribution in [1.29, 1.82) is 0 Å². The molecule has 2 aromatic rings. The summed E-state index contributed by atoms with van der Waals surface area (Å²) in [5, 5.41) is 10.3. The lowest BCUT2D eigenvalue weighted by atomic mass is 9.87. The fraction of sp³-hybridized carbons (Fsp3) is 0.133. The van der Waals surface area contributed by atoms with Crippen LogP contribution in [-0.2, 0) is 6.42 Å². The summed E-state index contributed by atoms with van der Waals surface area (Å²) in [7, 11) is 0. The van der Waals surface area contributed by atoms with Gasteiger partial charge in [-0.25, -0.2) is 4.99 Å². The first kappa shape index (κ1) is 12.3. The molecule has 1 N–H and O–H groups in total. The van der Waals surface area contributed by atoms with Crippen molar-refractivity contribution >= 4 is 17.1 Å². The Hall–Kier alpha value is -2.47. The molecule has 0 bridgehead atoms. The summed E-state index contributed by atoms with van der Waals surface area (Å²) in [4.78, 5) is 16.1. The van der Waals surface area contributed by atoms with E-state index in [9.17, 15) is 10.0 Å². The normalized spacial score (nSPS) is 19.0. The maximum absolute atomic E-state index is 11.5. The Morgan fingerprint density at radius 2 is 2.33 bits per heavy atom. The van der Waals surface area contributed by atoms with Crippen molar-refractivity contribution in [2.45, 2.75) is 6.42 Å².